The third-order valence-electron chi connectivity index (χ3n) is 5.41. The van der Waals surface area contributed by atoms with Gasteiger partial charge in [0.1, 0.15) is 11.5 Å². The van der Waals surface area contributed by atoms with E-state index in [-0.39, 0.29) is 11.6 Å². The Morgan fingerprint density at radius 1 is 1.03 bits per heavy atom. The van der Waals surface area contributed by atoms with Crippen LogP contribution in [0.5, 0.6) is 0 Å². The summed E-state index contributed by atoms with van der Waals surface area (Å²) in [5, 5.41) is 14.4. The second-order valence-corrected chi connectivity index (χ2v) is 8.11. The van der Waals surface area contributed by atoms with Crippen molar-refractivity contribution < 1.29 is 36.6 Å². The molecule has 2 aromatic heterocycles. The zero-order valence-electron chi connectivity index (χ0n) is 20.1. The lowest BCUT2D eigenvalue weighted by atomic mass is 10.1. The van der Waals surface area contributed by atoms with Gasteiger partial charge >= 0.3 is 12.1 Å². The van der Waals surface area contributed by atoms with E-state index in [1.165, 1.54) is 12.1 Å². The van der Waals surface area contributed by atoms with E-state index in [0.29, 0.717) is 37.6 Å². The molecule has 9 nitrogen and oxygen atoms in total. The lowest BCUT2D eigenvalue weighted by molar-refractivity contribution is -0.192. The number of anilines is 3. The summed E-state index contributed by atoms with van der Waals surface area (Å²) in [6.45, 7) is 2.44. The first kappa shape index (κ1) is 27.4. The topological polar surface area (TPSA) is 105 Å². The van der Waals surface area contributed by atoms with Crippen LogP contribution in [0.1, 0.15) is 0 Å². The van der Waals surface area contributed by atoms with Crippen LogP contribution in [-0.4, -0.2) is 63.3 Å². The largest absolute Gasteiger partial charge is 0.490 e. The molecule has 1 aliphatic heterocycles. The van der Waals surface area contributed by atoms with E-state index >= 15 is 0 Å². The molecule has 0 atom stereocenters. The fraction of sp³-hybridized carbons (Fsp3) is 0.200. The van der Waals surface area contributed by atoms with E-state index < -0.39 is 23.8 Å². The van der Waals surface area contributed by atoms with E-state index in [1.807, 2.05) is 41.4 Å². The Morgan fingerprint density at radius 3 is 2.33 bits per heavy atom. The summed E-state index contributed by atoms with van der Waals surface area (Å²) in [5.74, 6) is -3.62. The van der Waals surface area contributed by atoms with Gasteiger partial charge in [-0.2, -0.15) is 18.3 Å². The Balaban J connectivity index is 0.000000448. The van der Waals surface area contributed by atoms with E-state index in [4.69, 9.17) is 14.6 Å². The molecule has 0 radical (unpaired) electrons. The van der Waals surface area contributed by atoms with Crippen molar-refractivity contribution in [3.8, 4) is 16.9 Å². The van der Waals surface area contributed by atoms with Crippen LogP contribution in [0.2, 0.25) is 0 Å². The third kappa shape index (κ3) is 7.25. The molecule has 0 amide bonds. The molecular weight excluding hydrogens is 527 g/mol. The number of nitrogens with zero attached hydrogens (tertiary/aromatic N) is 5. The number of alkyl halides is 3. The summed E-state index contributed by atoms with van der Waals surface area (Å²) >= 11 is 0. The van der Waals surface area contributed by atoms with Crippen LogP contribution in [-0.2, 0) is 9.53 Å². The van der Waals surface area contributed by atoms with Gasteiger partial charge in [0, 0.05) is 42.4 Å². The van der Waals surface area contributed by atoms with E-state index in [0.717, 1.165) is 17.6 Å². The highest BCUT2D eigenvalue weighted by atomic mass is 19.4. The molecule has 2 aromatic carbocycles. The van der Waals surface area contributed by atoms with Crippen LogP contribution < -0.4 is 10.2 Å². The van der Waals surface area contributed by atoms with Crippen molar-refractivity contribution in [3.05, 3.63) is 78.8 Å². The standard InChI is InChI=1S/C23H20F2N6O.C2HF3O2/c24-17-12-16(13-20(14-17)30-8-10-32-11-9-30)22-21(25)15-26-23(29-22)28-18-2-4-19(5-3-18)31-7-1-6-27-31;3-2(4,5)1(6)7/h1-7,12-15H,8-11H2,(H,26,28,29);(H,6,7). The summed E-state index contributed by atoms with van der Waals surface area (Å²) < 4.78 is 67.8. The van der Waals surface area contributed by atoms with Gasteiger partial charge in [-0.05, 0) is 48.5 Å². The number of carboxylic acids is 1. The number of aromatic nitrogens is 4. The van der Waals surface area contributed by atoms with Crippen LogP contribution in [0.15, 0.2) is 67.1 Å². The van der Waals surface area contributed by atoms with Crippen molar-refractivity contribution in [3.63, 3.8) is 0 Å². The normalized spacial score (nSPS) is 13.4. The summed E-state index contributed by atoms with van der Waals surface area (Å²) in [6.07, 6.45) is -0.443. The van der Waals surface area contributed by atoms with Crippen molar-refractivity contribution in [2.75, 3.05) is 36.5 Å². The first-order chi connectivity index (χ1) is 18.6. The zero-order valence-corrected chi connectivity index (χ0v) is 20.1. The van der Waals surface area contributed by atoms with Gasteiger partial charge < -0.3 is 20.1 Å². The molecule has 0 spiro atoms. The molecular formula is C25H21F5N6O3. The summed E-state index contributed by atoms with van der Waals surface area (Å²) in [7, 11) is 0. The van der Waals surface area contributed by atoms with Crippen LogP contribution in [0.3, 0.4) is 0 Å². The maximum atomic E-state index is 14.6. The number of rotatable bonds is 5. The number of aliphatic carboxylic acids is 1. The zero-order chi connectivity index (χ0) is 28.0. The molecule has 0 aliphatic carbocycles. The van der Waals surface area contributed by atoms with Gasteiger partial charge in [-0.3, -0.25) is 0 Å². The number of ether oxygens (including phenoxy) is 1. The molecule has 3 heterocycles. The van der Waals surface area contributed by atoms with Crippen molar-refractivity contribution >= 4 is 23.3 Å². The Kier molecular flexibility index (Phi) is 8.34. The van der Waals surface area contributed by atoms with Gasteiger partial charge in [-0.15, -0.1) is 0 Å². The molecule has 0 bridgehead atoms. The molecule has 0 saturated carbocycles. The predicted molar refractivity (Wildman–Crippen MR) is 131 cm³/mol. The van der Waals surface area contributed by atoms with Crippen molar-refractivity contribution in [1.82, 2.24) is 19.7 Å². The Hall–Kier alpha value is -4.59. The SMILES string of the molecule is Fc1cc(-c2nc(Nc3ccc(-n4cccn4)cc3)ncc2F)cc(N2CCOCC2)c1.O=C(O)C(F)(F)F. The van der Waals surface area contributed by atoms with Gasteiger partial charge in [0.15, 0.2) is 5.82 Å². The lowest BCUT2D eigenvalue weighted by Gasteiger charge is -2.29. The molecule has 1 fully saturated rings. The average Bonchev–Trinajstić information content (AvgIpc) is 3.45. The Labute approximate surface area is 218 Å². The maximum absolute atomic E-state index is 14.6. The van der Waals surface area contributed by atoms with Crippen LogP contribution >= 0.6 is 0 Å². The molecule has 14 heteroatoms. The number of halogens is 5. The molecule has 39 heavy (non-hydrogen) atoms. The number of morpholine rings is 1. The highest BCUT2D eigenvalue weighted by Gasteiger charge is 2.38. The summed E-state index contributed by atoms with van der Waals surface area (Å²) in [6, 6.07) is 13.8. The van der Waals surface area contributed by atoms with Gasteiger partial charge in [0.2, 0.25) is 5.95 Å². The molecule has 4 aromatic rings. The number of hydrogen-bond acceptors (Lipinski definition) is 7. The van der Waals surface area contributed by atoms with Crippen molar-refractivity contribution in [2.45, 2.75) is 6.18 Å². The first-order valence-electron chi connectivity index (χ1n) is 11.4. The Bertz CT molecular complexity index is 1410. The quantitative estimate of drug-likeness (QED) is 0.342. The van der Waals surface area contributed by atoms with Gasteiger partial charge in [0.05, 0.1) is 25.1 Å². The van der Waals surface area contributed by atoms with Crippen molar-refractivity contribution in [2.24, 2.45) is 0 Å². The highest BCUT2D eigenvalue weighted by Crippen LogP contribution is 2.28. The monoisotopic (exact) mass is 548 g/mol. The Morgan fingerprint density at radius 2 is 1.72 bits per heavy atom. The minimum Gasteiger partial charge on any atom is -0.475 e. The number of carboxylic acid groups (broad SMARTS) is 1. The lowest BCUT2D eigenvalue weighted by Crippen LogP contribution is -2.36. The van der Waals surface area contributed by atoms with Crippen molar-refractivity contribution in [1.29, 1.82) is 0 Å². The smallest absolute Gasteiger partial charge is 0.475 e. The minimum absolute atomic E-state index is 0.0321. The van der Waals surface area contributed by atoms with Crippen LogP contribution in [0.25, 0.3) is 16.9 Å². The fourth-order valence-electron chi connectivity index (χ4n) is 3.59. The van der Waals surface area contributed by atoms with Crippen LogP contribution in [0, 0.1) is 11.6 Å². The number of benzene rings is 2. The second-order valence-electron chi connectivity index (χ2n) is 8.11. The van der Waals surface area contributed by atoms with E-state index in [1.54, 1.807) is 16.9 Å². The highest BCUT2D eigenvalue weighted by molar-refractivity contribution is 5.73. The maximum Gasteiger partial charge on any atom is 0.490 e. The minimum atomic E-state index is -5.08. The number of hydrogen-bond donors (Lipinski definition) is 2. The fourth-order valence-corrected chi connectivity index (χ4v) is 3.59. The summed E-state index contributed by atoms with van der Waals surface area (Å²) in [4.78, 5) is 19.2. The predicted octanol–water partition coefficient (Wildman–Crippen LogP) is 4.82. The number of nitrogens with one attached hydrogen (secondary N) is 1. The molecule has 1 aliphatic rings. The molecule has 204 valence electrons. The average molecular weight is 548 g/mol. The molecule has 5 rings (SSSR count). The van der Waals surface area contributed by atoms with Crippen LogP contribution in [0.4, 0.5) is 39.3 Å². The molecule has 1 saturated heterocycles. The molecule has 2 N–H and O–H groups in total. The third-order valence-corrected chi connectivity index (χ3v) is 5.41. The van der Waals surface area contributed by atoms with E-state index in [2.05, 4.69) is 20.4 Å². The summed E-state index contributed by atoms with van der Waals surface area (Å²) in [5.41, 5.74) is 2.68. The van der Waals surface area contributed by atoms with Gasteiger partial charge in [-0.1, -0.05) is 0 Å². The first-order valence-corrected chi connectivity index (χ1v) is 11.4. The molecule has 0 unspecified atom stereocenters. The second kappa shape index (κ2) is 11.9. The number of carbonyl (C=O) groups is 1. The van der Waals surface area contributed by atoms with Gasteiger partial charge in [0.25, 0.3) is 0 Å². The van der Waals surface area contributed by atoms with Gasteiger partial charge in [-0.25, -0.2) is 28.2 Å². The van der Waals surface area contributed by atoms with E-state index in [9.17, 15) is 22.0 Å².